The Morgan fingerprint density at radius 3 is 1.91 bits per heavy atom. The summed E-state index contributed by atoms with van der Waals surface area (Å²) < 4.78 is 136. The van der Waals surface area contributed by atoms with Gasteiger partial charge in [0.05, 0.1) is 0 Å². The number of nitrogens with one attached hydrogen (secondary N) is 2. The molecule has 296 valence electrons. The number of ether oxygens (including phenoxy) is 2. The predicted octanol–water partition coefficient (Wildman–Crippen LogP) is 5.12. The number of carbonyl (C=O) groups is 1. The van der Waals surface area contributed by atoms with Crippen molar-refractivity contribution in [2.45, 2.75) is 81.4 Å². The van der Waals surface area contributed by atoms with Crippen LogP contribution in [-0.4, -0.2) is 105 Å². The quantitative estimate of drug-likeness (QED) is 0.197. The maximum Gasteiger partial charge on any atom is 0.573 e. The van der Waals surface area contributed by atoms with Gasteiger partial charge in [0.15, 0.2) is 0 Å². The molecule has 0 aromatic heterocycles. The minimum absolute atomic E-state index is 0.185. The number of hydrogen-bond donors (Lipinski definition) is 2. The molecule has 2 atom stereocenters. The molecular formula is C31H40F6N6O8S2. The van der Waals surface area contributed by atoms with Gasteiger partial charge in [0.1, 0.15) is 11.5 Å². The van der Waals surface area contributed by atoms with Crippen LogP contribution in [-0.2, 0) is 29.8 Å². The molecule has 14 nitrogen and oxygen atoms in total. The van der Waals surface area contributed by atoms with Crippen LogP contribution in [0.3, 0.4) is 0 Å². The molecule has 3 fully saturated rings. The number of isocyanates is 1. The number of alkyl halides is 6. The number of carbonyl (C=O) groups excluding carboxylic acids is 2. The van der Waals surface area contributed by atoms with Gasteiger partial charge >= 0.3 is 18.8 Å². The molecule has 0 saturated carbocycles. The van der Waals surface area contributed by atoms with Crippen molar-refractivity contribution in [3.8, 4) is 5.75 Å². The second kappa shape index (κ2) is 17.6. The molecule has 3 heterocycles. The van der Waals surface area contributed by atoms with Crippen LogP contribution in [0.5, 0.6) is 5.75 Å². The highest BCUT2D eigenvalue weighted by molar-refractivity contribution is 7.90. The van der Waals surface area contributed by atoms with Gasteiger partial charge in [-0.25, -0.2) is 18.0 Å². The van der Waals surface area contributed by atoms with E-state index in [1.54, 1.807) is 0 Å². The lowest BCUT2D eigenvalue weighted by Crippen LogP contribution is -2.54. The highest BCUT2D eigenvalue weighted by Crippen LogP contribution is 2.36. The summed E-state index contributed by atoms with van der Waals surface area (Å²) in [5, 5.41) is 5.27. The van der Waals surface area contributed by atoms with Crippen LogP contribution in [0.2, 0.25) is 0 Å². The summed E-state index contributed by atoms with van der Waals surface area (Å²) >= 11 is 0. The number of amides is 2. The maximum absolute atomic E-state index is 12.8. The van der Waals surface area contributed by atoms with E-state index < -0.39 is 56.0 Å². The molecule has 0 radical (unpaired) electrons. The first-order valence-electron chi connectivity index (χ1n) is 16.8. The van der Waals surface area contributed by atoms with Crippen molar-refractivity contribution < 1.29 is 62.2 Å². The fourth-order valence-corrected chi connectivity index (χ4v) is 9.81. The van der Waals surface area contributed by atoms with Gasteiger partial charge in [0, 0.05) is 57.4 Å². The molecule has 5 rings (SSSR count). The first-order valence-corrected chi connectivity index (χ1v) is 19.6. The van der Waals surface area contributed by atoms with E-state index in [-0.39, 0.29) is 24.0 Å². The van der Waals surface area contributed by atoms with Crippen LogP contribution in [0.25, 0.3) is 0 Å². The molecule has 1 aromatic carbocycles. The molecule has 1 aromatic rings. The average Bonchev–Trinajstić information content (AvgIpc) is 3.10. The van der Waals surface area contributed by atoms with Crippen molar-refractivity contribution in [1.29, 1.82) is 0 Å². The summed E-state index contributed by atoms with van der Waals surface area (Å²) in [7, 11) is -7.58. The molecule has 22 heteroatoms. The van der Waals surface area contributed by atoms with E-state index in [9.17, 15) is 52.8 Å². The smallest absolute Gasteiger partial charge is 0.406 e. The number of nitrogens with zero attached hydrogens (tertiary/aromatic N) is 4. The van der Waals surface area contributed by atoms with E-state index in [1.807, 2.05) is 0 Å². The molecule has 53 heavy (non-hydrogen) atoms. The number of sulfonamides is 1. The molecule has 2 amide bonds. The minimum atomic E-state index is -4.88. The number of halogens is 6. The summed E-state index contributed by atoms with van der Waals surface area (Å²) in [6.07, 6.45) is 0.140. The lowest BCUT2D eigenvalue weighted by atomic mass is 10.1. The number of piperidine rings is 3. The highest BCUT2D eigenvalue weighted by Gasteiger charge is 2.47. The first kappa shape index (κ1) is 42.1. The van der Waals surface area contributed by atoms with Gasteiger partial charge in [-0.1, -0.05) is 12.8 Å². The highest BCUT2D eigenvalue weighted by atomic mass is 32.2. The van der Waals surface area contributed by atoms with Gasteiger partial charge in [-0.05, 0) is 81.0 Å². The van der Waals surface area contributed by atoms with Crippen LogP contribution in [0, 0.1) is 0 Å². The average molecular weight is 803 g/mol. The predicted molar refractivity (Wildman–Crippen MR) is 178 cm³/mol. The summed E-state index contributed by atoms with van der Waals surface area (Å²) in [4.78, 5) is 24.3. The standard InChI is InChI=1S/C18H25F3N4O4S.C13H15F3N2O4S/c19-18(20,21)29-16-8-6-14(7-9-16)22-17(26)23-15-5-4-12-25(13-15)30(27,28)24-10-2-1-3-11-24;14-13(15,16)22-11-4-6-12(7-5-11,17-10-19)23(20,21)18-8-2-1-3-9-18/h6-9,15H,1-5,10-13H2,(H2,22,23,26);4-6H,1-3,7-9H2. The van der Waals surface area contributed by atoms with Crippen molar-refractivity contribution in [2.24, 2.45) is 4.99 Å². The summed E-state index contributed by atoms with van der Waals surface area (Å²) in [6, 6.07) is 3.85. The molecule has 3 saturated heterocycles. The van der Waals surface area contributed by atoms with Crippen molar-refractivity contribution in [1.82, 2.24) is 18.2 Å². The molecular weight excluding hydrogens is 762 g/mol. The zero-order chi connectivity index (χ0) is 38.9. The maximum atomic E-state index is 12.8. The Morgan fingerprint density at radius 1 is 0.811 bits per heavy atom. The van der Waals surface area contributed by atoms with Gasteiger partial charge in [0.2, 0.25) is 21.0 Å². The van der Waals surface area contributed by atoms with Crippen LogP contribution in [0.4, 0.5) is 36.8 Å². The first-order chi connectivity index (χ1) is 24.8. The van der Waals surface area contributed by atoms with Crippen molar-refractivity contribution in [3.05, 3.63) is 48.3 Å². The Balaban J connectivity index is 0.000000245. The van der Waals surface area contributed by atoms with Gasteiger partial charge in [0.25, 0.3) is 10.2 Å². The third-order valence-electron chi connectivity index (χ3n) is 8.71. The molecule has 0 bridgehead atoms. The van der Waals surface area contributed by atoms with Gasteiger partial charge < -0.3 is 20.1 Å². The van der Waals surface area contributed by atoms with Crippen LogP contribution in [0.1, 0.15) is 57.8 Å². The van der Waals surface area contributed by atoms with Gasteiger partial charge in [-0.3, -0.25) is 0 Å². The summed E-state index contributed by atoms with van der Waals surface area (Å²) in [5.41, 5.74) is 0.288. The number of hydrogen-bond acceptors (Lipinski definition) is 9. The molecule has 0 spiro atoms. The Bertz CT molecular complexity index is 1740. The number of allylic oxidation sites excluding steroid dienone is 1. The number of aliphatic imine (C=N–C) groups is 1. The number of rotatable bonds is 9. The fraction of sp³-hybridized carbons (Fsp3) is 0.613. The molecule has 3 aliphatic heterocycles. The number of urea groups is 1. The molecule has 1 aliphatic carbocycles. The van der Waals surface area contributed by atoms with E-state index in [0.717, 1.165) is 56.0 Å². The Morgan fingerprint density at radius 2 is 1.38 bits per heavy atom. The van der Waals surface area contributed by atoms with Crippen molar-refractivity contribution in [2.75, 3.05) is 44.6 Å². The number of anilines is 1. The van der Waals surface area contributed by atoms with Crippen LogP contribution >= 0.6 is 0 Å². The zero-order valence-corrected chi connectivity index (χ0v) is 30.0. The summed E-state index contributed by atoms with van der Waals surface area (Å²) in [6.45, 7) is 2.23. The second-order valence-electron chi connectivity index (χ2n) is 12.5. The van der Waals surface area contributed by atoms with Crippen molar-refractivity contribution in [3.63, 3.8) is 0 Å². The third-order valence-corrected chi connectivity index (χ3v) is 13.0. The Kier molecular flexibility index (Phi) is 14.0. The van der Waals surface area contributed by atoms with E-state index in [2.05, 4.69) is 25.1 Å². The molecule has 2 N–H and O–H groups in total. The van der Waals surface area contributed by atoms with E-state index in [1.165, 1.54) is 31.1 Å². The van der Waals surface area contributed by atoms with Gasteiger partial charge in [-0.15, -0.1) is 26.3 Å². The SMILES string of the molecule is O=C(Nc1ccc(OC(F)(F)F)cc1)NC1CCCN(S(=O)(=O)N2CCCCC2)C1.O=C=NC1(S(=O)(=O)N2CCCCC2)C=CC(OC(F)(F)F)=CC1. The van der Waals surface area contributed by atoms with Crippen molar-refractivity contribution >= 4 is 38.0 Å². The largest absolute Gasteiger partial charge is 0.573 e. The normalized spacial score (nSPS) is 23.7. The van der Waals surface area contributed by atoms with Gasteiger partial charge in [-0.2, -0.15) is 26.3 Å². The lowest BCUT2D eigenvalue weighted by Gasteiger charge is -2.36. The lowest BCUT2D eigenvalue weighted by molar-refractivity contribution is -0.303. The fourth-order valence-electron chi connectivity index (χ4n) is 6.16. The monoisotopic (exact) mass is 802 g/mol. The van der Waals surface area contributed by atoms with E-state index in [4.69, 9.17) is 0 Å². The number of benzene rings is 1. The zero-order valence-electron chi connectivity index (χ0n) is 28.4. The van der Waals surface area contributed by atoms with Crippen LogP contribution in [0.15, 0.2) is 53.2 Å². The summed E-state index contributed by atoms with van der Waals surface area (Å²) in [5.74, 6) is -0.928. The Labute approximate surface area is 303 Å². The molecule has 2 unspecified atom stereocenters. The minimum Gasteiger partial charge on any atom is -0.406 e. The topological polar surface area (TPSA) is 167 Å². The third kappa shape index (κ3) is 11.9. The van der Waals surface area contributed by atoms with E-state index >= 15 is 0 Å². The van der Waals surface area contributed by atoms with Crippen LogP contribution < -0.4 is 15.4 Å². The van der Waals surface area contributed by atoms with E-state index in [0.29, 0.717) is 58.4 Å². The second-order valence-corrected chi connectivity index (χ2v) is 16.6. The molecule has 4 aliphatic rings. The Hall–Kier alpha value is -3.69.